The van der Waals surface area contributed by atoms with E-state index in [1.54, 1.807) is 41.2 Å². The zero-order valence-electron chi connectivity index (χ0n) is 20.9. The van der Waals surface area contributed by atoms with Crippen LogP contribution in [0.5, 0.6) is 17.2 Å². The highest BCUT2D eigenvalue weighted by atomic mass is 19.3. The first kappa shape index (κ1) is 24.7. The van der Waals surface area contributed by atoms with Crippen LogP contribution in [-0.4, -0.2) is 38.4 Å². The van der Waals surface area contributed by atoms with Crippen molar-refractivity contribution in [2.24, 2.45) is 5.92 Å². The van der Waals surface area contributed by atoms with Crippen LogP contribution in [0, 0.1) is 5.92 Å². The number of benzene rings is 1. The maximum Gasteiger partial charge on any atom is 0.387 e. The standard InChI is InChI=1S/C27H28F2N4O4/c1-16(2)32-9-7-30-25(32)15-36-19-6-8-33-20(14-31-24(33)13-19)18-11-22(35-3)26(21(34)10-17-4-5-17)23(12-18)37-27(28)29/h6-9,11-14,16-17,27H,4-5,10,15H2,1-3H3. The van der Waals surface area contributed by atoms with Crippen molar-refractivity contribution in [2.45, 2.75) is 52.4 Å². The van der Waals surface area contributed by atoms with Crippen LogP contribution in [0.15, 0.2) is 49.1 Å². The van der Waals surface area contributed by atoms with Gasteiger partial charge in [-0.1, -0.05) is 0 Å². The van der Waals surface area contributed by atoms with Gasteiger partial charge in [0.25, 0.3) is 0 Å². The molecule has 4 aromatic rings. The lowest BCUT2D eigenvalue weighted by Gasteiger charge is -2.16. The minimum atomic E-state index is -3.08. The number of carbonyl (C=O) groups is 1. The Hall–Kier alpha value is -3.95. The van der Waals surface area contributed by atoms with E-state index >= 15 is 0 Å². The van der Waals surface area contributed by atoms with Crippen molar-refractivity contribution < 1.29 is 27.8 Å². The molecule has 0 amide bonds. The van der Waals surface area contributed by atoms with Crippen LogP contribution in [0.3, 0.4) is 0 Å². The van der Waals surface area contributed by atoms with Crippen molar-refractivity contribution >= 4 is 11.4 Å². The molecule has 0 atom stereocenters. The number of methoxy groups -OCH3 is 1. The molecular weight excluding hydrogens is 482 g/mol. The Morgan fingerprint density at radius 3 is 2.62 bits per heavy atom. The summed E-state index contributed by atoms with van der Waals surface area (Å²) in [7, 11) is 1.40. The molecule has 0 radical (unpaired) electrons. The topological polar surface area (TPSA) is 79.9 Å². The average Bonchev–Trinajstić information content (AvgIpc) is 3.37. The predicted molar refractivity (Wildman–Crippen MR) is 132 cm³/mol. The number of ketones is 1. The highest BCUT2D eigenvalue weighted by Gasteiger charge is 2.29. The number of carbonyl (C=O) groups excluding carboxylic acids is 1. The van der Waals surface area contributed by atoms with Gasteiger partial charge in [-0.3, -0.25) is 9.20 Å². The SMILES string of the molecule is COc1cc(-c2cnc3cc(OCc4nccn4C(C)C)ccn23)cc(OC(F)F)c1C(=O)CC1CC1. The Labute approximate surface area is 212 Å². The molecule has 1 aliphatic carbocycles. The van der Waals surface area contributed by atoms with Gasteiger partial charge in [-0.15, -0.1) is 0 Å². The molecule has 0 unspecified atom stereocenters. The summed E-state index contributed by atoms with van der Waals surface area (Å²) < 4.78 is 46.6. The molecule has 3 aromatic heterocycles. The zero-order chi connectivity index (χ0) is 26.1. The molecule has 0 bridgehead atoms. The van der Waals surface area contributed by atoms with Crippen LogP contribution < -0.4 is 14.2 Å². The van der Waals surface area contributed by atoms with Gasteiger partial charge in [0.15, 0.2) is 5.78 Å². The fraction of sp³-hybridized carbons (Fsp3) is 0.370. The third kappa shape index (κ3) is 5.28. The lowest BCUT2D eigenvalue weighted by Crippen LogP contribution is -2.11. The summed E-state index contributed by atoms with van der Waals surface area (Å²) in [5.74, 6) is 1.44. The van der Waals surface area contributed by atoms with E-state index in [1.165, 1.54) is 13.2 Å². The molecular formula is C27H28F2N4O4. The van der Waals surface area contributed by atoms with Gasteiger partial charge in [0.1, 0.15) is 40.9 Å². The van der Waals surface area contributed by atoms with Gasteiger partial charge in [-0.2, -0.15) is 8.78 Å². The van der Waals surface area contributed by atoms with Gasteiger partial charge in [-0.05, 0) is 50.8 Å². The second-order valence-corrected chi connectivity index (χ2v) is 9.37. The number of rotatable bonds is 11. The number of aromatic nitrogens is 4. The van der Waals surface area contributed by atoms with E-state index in [1.807, 2.05) is 10.8 Å². The molecule has 3 heterocycles. The summed E-state index contributed by atoms with van der Waals surface area (Å²) in [6.07, 6.45) is 9.28. The highest BCUT2D eigenvalue weighted by Crippen LogP contribution is 2.40. The highest BCUT2D eigenvalue weighted by molar-refractivity contribution is 6.02. The fourth-order valence-electron chi connectivity index (χ4n) is 4.39. The number of pyridine rings is 1. The third-order valence-corrected chi connectivity index (χ3v) is 6.41. The van der Waals surface area contributed by atoms with Gasteiger partial charge in [0, 0.05) is 42.7 Å². The lowest BCUT2D eigenvalue weighted by atomic mass is 10.00. The van der Waals surface area contributed by atoms with E-state index in [0.717, 1.165) is 18.7 Å². The van der Waals surface area contributed by atoms with Crippen molar-refractivity contribution in [3.8, 4) is 28.5 Å². The van der Waals surface area contributed by atoms with Crippen molar-refractivity contribution in [1.29, 1.82) is 0 Å². The molecule has 0 aliphatic heterocycles. The van der Waals surface area contributed by atoms with Crippen LogP contribution in [0.25, 0.3) is 16.9 Å². The molecule has 10 heteroatoms. The molecule has 0 N–H and O–H groups in total. The smallest absolute Gasteiger partial charge is 0.387 e. The van der Waals surface area contributed by atoms with Crippen LogP contribution >= 0.6 is 0 Å². The molecule has 37 heavy (non-hydrogen) atoms. The fourth-order valence-corrected chi connectivity index (χ4v) is 4.39. The summed E-state index contributed by atoms with van der Waals surface area (Å²) in [4.78, 5) is 21.7. The average molecular weight is 511 g/mol. The van der Waals surface area contributed by atoms with Gasteiger partial charge in [0.05, 0.1) is 19.0 Å². The van der Waals surface area contributed by atoms with Gasteiger partial charge in [0.2, 0.25) is 0 Å². The number of Topliss-reactive ketones (excluding diaryl/α,β-unsaturated/α-hetero) is 1. The van der Waals surface area contributed by atoms with E-state index in [2.05, 4.69) is 23.8 Å². The molecule has 1 saturated carbocycles. The first-order valence-electron chi connectivity index (χ1n) is 12.2. The van der Waals surface area contributed by atoms with Crippen LogP contribution in [0.2, 0.25) is 0 Å². The van der Waals surface area contributed by atoms with E-state index < -0.39 is 6.61 Å². The molecule has 0 spiro atoms. The number of alkyl halides is 2. The van der Waals surface area contributed by atoms with E-state index in [0.29, 0.717) is 29.3 Å². The van der Waals surface area contributed by atoms with Crippen molar-refractivity contribution in [3.05, 3.63) is 60.4 Å². The van der Waals surface area contributed by atoms with Gasteiger partial charge in [-0.25, -0.2) is 9.97 Å². The lowest BCUT2D eigenvalue weighted by molar-refractivity contribution is -0.0502. The van der Waals surface area contributed by atoms with E-state index in [-0.39, 0.29) is 41.2 Å². The number of ether oxygens (including phenoxy) is 3. The Bertz CT molecular complexity index is 1430. The zero-order valence-corrected chi connectivity index (χ0v) is 20.9. The Balaban J connectivity index is 1.45. The Morgan fingerprint density at radius 2 is 1.92 bits per heavy atom. The summed E-state index contributed by atoms with van der Waals surface area (Å²) in [5.41, 5.74) is 1.79. The largest absolute Gasteiger partial charge is 0.496 e. The first-order valence-corrected chi connectivity index (χ1v) is 12.2. The predicted octanol–water partition coefficient (Wildman–Crippen LogP) is 5.95. The summed E-state index contributed by atoms with van der Waals surface area (Å²) in [6.45, 7) is 1.37. The second kappa shape index (κ2) is 10.2. The molecule has 0 saturated heterocycles. The normalized spacial score (nSPS) is 13.5. The minimum Gasteiger partial charge on any atom is -0.496 e. The summed E-state index contributed by atoms with van der Waals surface area (Å²) >= 11 is 0. The van der Waals surface area contributed by atoms with Crippen molar-refractivity contribution in [1.82, 2.24) is 18.9 Å². The second-order valence-electron chi connectivity index (χ2n) is 9.37. The van der Waals surface area contributed by atoms with E-state index in [9.17, 15) is 13.6 Å². The first-order chi connectivity index (χ1) is 17.8. The maximum absolute atomic E-state index is 13.3. The molecule has 1 fully saturated rings. The van der Waals surface area contributed by atoms with E-state index in [4.69, 9.17) is 14.2 Å². The molecule has 1 aromatic carbocycles. The molecule has 1 aliphatic rings. The minimum absolute atomic E-state index is 0.0442. The van der Waals surface area contributed by atoms with Crippen LogP contribution in [0.1, 0.15) is 55.3 Å². The number of hydrogen-bond donors (Lipinski definition) is 0. The van der Waals surface area contributed by atoms with Gasteiger partial charge < -0.3 is 18.8 Å². The number of imidazole rings is 2. The number of halogens is 2. The summed E-state index contributed by atoms with van der Waals surface area (Å²) in [6, 6.07) is 6.94. The third-order valence-electron chi connectivity index (χ3n) is 6.41. The summed E-state index contributed by atoms with van der Waals surface area (Å²) in [5, 5.41) is 0. The van der Waals surface area contributed by atoms with Gasteiger partial charge >= 0.3 is 6.61 Å². The molecule has 194 valence electrons. The maximum atomic E-state index is 13.3. The molecule has 8 nitrogen and oxygen atoms in total. The Kier molecular flexibility index (Phi) is 6.82. The van der Waals surface area contributed by atoms with Crippen LogP contribution in [-0.2, 0) is 6.61 Å². The quantitative estimate of drug-likeness (QED) is 0.232. The Morgan fingerprint density at radius 1 is 1.14 bits per heavy atom. The number of nitrogens with zero attached hydrogens (tertiary/aromatic N) is 4. The monoisotopic (exact) mass is 510 g/mol. The molecule has 5 rings (SSSR count). The van der Waals surface area contributed by atoms with Crippen LogP contribution in [0.4, 0.5) is 8.78 Å². The number of fused-ring (bicyclic) bond motifs is 1. The van der Waals surface area contributed by atoms with Crippen molar-refractivity contribution in [3.63, 3.8) is 0 Å². The van der Waals surface area contributed by atoms with Crippen molar-refractivity contribution in [2.75, 3.05) is 7.11 Å². The number of hydrogen-bond acceptors (Lipinski definition) is 6.